The van der Waals surface area contributed by atoms with Crippen LogP contribution in [0, 0.1) is 0 Å². The Kier molecular flexibility index (Phi) is 6.57. The minimum Gasteiger partial charge on any atom is -0.452 e. The van der Waals surface area contributed by atoms with E-state index in [0.29, 0.717) is 11.1 Å². The number of carbonyl (C=O) groups is 3. The van der Waals surface area contributed by atoms with Crippen LogP contribution in [0.25, 0.3) is 0 Å². The van der Waals surface area contributed by atoms with Crippen molar-refractivity contribution < 1.29 is 19.1 Å². The summed E-state index contributed by atoms with van der Waals surface area (Å²) in [6, 6.07) is 13.9. The minimum atomic E-state index is -0.679. The quantitative estimate of drug-likeness (QED) is 0.804. The molecule has 1 N–H and O–H groups in total. The average molecular weight is 382 g/mol. The van der Waals surface area contributed by atoms with E-state index in [2.05, 4.69) is 26.1 Å². The van der Waals surface area contributed by atoms with Gasteiger partial charge in [0.05, 0.1) is 5.56 Å². The molecular weight excluding hydrogens is 356 g/mol. The van der Waals surface area contributed by atoms with Crippen LogP contribution in [0.3, 0.4) is 0 Å². The van der Waals surface area contributed by atoms with Crippen LogP contribution in [0.5, 0.6) is 0 Å². The van der Waals surface area contributed by atoms with Crippen molar-refractivity contribution in [3.05, 3.63) is 65.2 Å². The maximum Gasteiger partial charge on any atom is 0.338 e. The summed E-state index contributed by atoms with van der Waals surface area (Å²) in [5, 5.41) is 2.23. The molecule has 2 amide bonds. The number of amides is 2. The molecule has 0 bridgehead atoms. The molecule has 0 aliphatic rings. The van der Waals surface area contributed by atoms with E-state index in [0.717, 1.165) is 11.3 Å². The van der Waals surface area contributed by atoms with Gasteiger partial charge in [0.25, 0.3) is 11.8 Å². The lowest BCUT2D eigenvalue weighted by Gasteiger charge is -2.19. The molecule has 0 aliphatic heterocycles. The number of rotatable bonds is 5. The molecular formula is C22H26N2O4. The Labute approximate surface area is 165 Å². The summed E-state index contributed by atoms with van der Waals surface area (Å²) in [7, 11) is 3.72. The molecule has 0 spiro atoms. The zero-order valence-electron chi connectivity index (χ0n) is 16.9. The van der Waals surface area contributed by atoms with Crippen molar-refractivity contribution >= 4 is 23.5 Å². The number of hydrogen-bond donors (Lipinski definition) is 1. The van der Waals surface area contributed by atoms with Gasteiger partial charge in [-0.15, -0.1) is 0 Å². The van der Waals surface area contributed by atoms with Gasteiger partial charge in [-0.05, 0) is 41.3 Å². The fourth-order valence-corrected chi connectivity index (χ4v) is 2.48. The fourth-order valence-electron chi connectivity index (χ4n) is 2.48. The molecule has 6 heteroatoms. The van der Waals surface area contributed by atoms with E-state index < -0.39 is 24.4 Å². The van der Waals surface area contributed by atoms with Crippen LogP contribution < -0.4 is 10.2 Å². The molecule has 2 rings (SSSR count). The SMILES string of the molecule is CN(C)c1cccc(C(=O)OCC(=O)NC(=O)c2ccc(C(C)(C)C)cc2)c1. The van der Waals surface area contributed by atoms with E-state index in [-0.39, 0.29) is 5.41 Å². The van der Waals surface area contributed by atoms with Gasteiger partial charge in [0.2, 0.25) is 0 Å². The third kappa shape index (κ3) is 5.67. The topological polar surface area (TPSA) is 75.7 Å². The monoisotopic (exact) mass is 382 g/mol. The molecule has 2 aromatic rings. The second-order valence-corrected chi connectivity index (χ2v) is 7.73. The molecule has 0 atom stereocenters. The molecule has 148 valence electrons. The van der Waals surface area contributed by atoms with Crippen LogP contribution >= 0.6 is 0 Å². The molecule has 28 heavy (non-hydrogen) atoms. The zero-order valence-corrected chi connectivity index (χ0v) is 16.9. The highest BCUT2D eigenvalue weighted by atomic mass is 16.5. The van der Waals surface area contributed by atoms with E-state index >= 15 is 0 Å². The molecule has 0 aliphatic carbocycles. The molecule has 0 radical (unpaired) electrons. The Morgan fingerprint density at radius 2 is 1.61 bits per heavy atom. The molecule has 0 saturated heterocycles. The number of nitrogens with one attached hydrogen (secondary N) is 1. The van der Waals surface area contributed by atoms with Crippen LogP contribution in [0.2, 0.25) is 0 Å². The van der Waals surface area contributed by atoms with Crippen molar-refractivity contribution in [2.75, 3.05) is 25.6 Å². The first-order chi connectivity index (χ1) is 13.1. The number of nitrogens with zero attached hydrogens (tertiary/aromatic N) is 1. The summed E-state index contributed by atoms with van der Waals surface area (Å²) >= 11 is 0. The van der Waals surface area contributed by atoms with Crippen LogP contribution in [0.1, 0.15) is 47.1 Å². The highest BCUT2D eigenvalue weighted by molar-refractivity contribution is 6.05. The van der Waals surface area contributed by atoms with E-state index in [9.17, 15) is 14.4 Å². The van der Waals surface area contributed by atoms with Gasteiger partial charge in [-0.1, -0.05) is 39.0 Å². The summed E-state index contributed by atoms with van der Waals surface area (Å²) in [5.74, 6) is -1.83. The maximum absolute atomic E-state index is 12.2. The van der Waals surface area contributed by atoms with Gasteiger partial charge in [0, 0.05) is 25.3 Å². The summed E-state index contributed by atoms with van der Waals surface area (Å²) in [5.41, 5.74) is 2.61. The lowest BCUT2D eigenvalue weighted by atomic mass is 9.87. The van der Waals surface area contributed by atoms with Gasteiger partial charge in [-0.3, -0.25) is 14.9 Å². The average Bonchev–Trinajstić information content (AvgIpc) is 2.65. The summed E-state index contributed by atoms with van der Waals surface area (Å²) in [6.45, 7) is 5.70. The molecule has 6 nitrogen and oxygen atoms in total. The fraction of sp³-hybridized carbons (Fsp3) is 0.318. The minimum absolute atomic E-state index is 0.0249. The lowest BCUT2D eigenvalue weighted by molar-refractivity contribution is -0.123. The van der Waals surface area contributed by atoms with E-state index in [1.807, 2.05) is 37.2 Å². The predicted octanol–water partition coefficient (Wildman–Crippen LogP) is 3.16. The summed E-state index contributed by atoms with van der Waals surface area (Å²) in [6.07, 6.45) is 0. The largest absolute Gasteiger partial charge is 0.452 e. The maximum atomic E-state index is 12.2. The molecule has 0 fully saturated rings. The molecule has 0 aromatic heterocycles. The molecule has 0 heterocycles. The van der Waals surface area contributed by atoms with Gasteiger partial charge in [0.15, 0.2) is 6.61 Å². The smallest absolute Gasteiger partial charge is 0.338 e. The Morgan fingerprint density at radius 3 is 2.18 bits per heavy atom. The van der Waals surface area contributed by atoms with Gasteiger partial charge >= 0.3 is 5.97 Å². The normalized spacial score (nSPS) is 10.9. The number of hydrogen-bond acceptors (Lipinski definition) is 5. The van der Waals surface area contributed by atoms with Gasteiger partial charge in [-0.2, -0.15) is 0 Å². The van der Waals surface area contributed by atoms with Crippen molar-refractivity contribution in [1.29, 1.82) is 0 Å². The standard InChI is InChI=1S/C22H26N2O4/c1-22(2,3)17-11-9-15(10-12-17)20(26)23-19(25)14-28-21(27)16-7-6-8-18(13-16)24(4)5/h6-13H,14H2,1-5H3,(H,23,25,26). The van der Waals surface area contributed by atoms with E-state index in [1.54, 1.807) is 30.3 Å². The van der Waals surface area contributed by atoms with Crippen LogP contribution in [-0.4, -0.2) is 38.5 Å². The highest BCUT2D eigenvalue weighted by Gasteiger charge is 2.16. The Balaban J connectivity index is 1.90. The highest BCUT2D eigenvalue weighted by Crippen LogP contribution is 2.22. The third-order valence-electron chi connectivity index (χ3n) is 4.20. The second-order valence-electron chi connectivity index (χ2n) is 7.73. The van der Waals surface area contributed by atoms with Crippen molar-refractivity contribution in [3.63, 3.8) is 0 Å². The Morgan fingerprint density at radius 1 is 0.964 bits per heavy atom. The number of benzene rings is 2. The molecule has 2 aromatic carbocycles. The lowest BCUT2D eigenvalue weighted by Crippen LogP contribution is -2.34. The number of imide groups is 1. The first kappa shape index (κ1) is 21.2. The van der Waals surface area contributed by atoms with E-state index in [4.69, 9.17) is 4.74 Å². The van der Waals surface area contributed by atoms with Crippen molar-refractivity contribution in [3.8, 4) is 0 Å². The molecule has 0 saturated carbocycles. The Hall–Kier alpha value is -3.15. The first-order valence-corrected chi connectivity index (χ1v) is 8.97. The Bertz CT molecular complexity index is 865. The number of ether oxygens (including phenoxy) is 1. The van der Waals surface area contributed by atoms with Crippen LogP contribution in [0.15, 0.2) is 48.5 Å². The second kappa shape index (κ2) is 8.69. The summed E-state index contributed by atoms with van der Waals surface area (Å²) in [4.78, 5) is 38.1. The van der Waals surface area contributed by atoms with Crippen molar-refractivity contribution in [2.24, 2.45) is 0 Å². The van der Waals surface area contributed by atoms with Crippen LogP contribution in [0.4, 0.5) is 5.69 Å². The predicted molar refractivity (Wildman–Crippen MR) is 109 cm³/mol. The van der Waals surface area contributed by atoms with Gasteiger partial charge in [0.1, 0.15) is 0 Å². The van der Waals surface area contributed by atoms with Crippen molar-refractivity contribution in [1.82, 2.24) is 5.32 Å². The first-order valence-electron chi connectivity index (χ1n) is 8.97. The third-order valence-corrected chi connectivity index (χ3v) is 4.20. The summed E-state index contributed by atoms with van der Waals surface area (Å²) < 4.78 is 5.00. The van der Waals surface area contributed by atoms with E-state index in [1.165, 1.54) is 0 Å². The number of esters is 1. The van der Waals surface area contributed by atoms with Crippen molar-refractivity contribution in [2.45, 2.75) is 26.2 Å². The molecule has 0 unspecified atom stereocenters. The van der Waals surface area contributed by atoms with Gasteiger partial charge < -0.3 is 9.64 Å². The van der Waals surface area contributed by atoms with Gasteiger partial charge in [-0.25, -0.2) is 4.79 Å². The number of anilines is 1. The van der Waals surface area contributed by atoms with Crippen LogP contribution in [-0.2, 0) is 14.9 Å². The zero-order chi connectivity index (χ0) is 20.9. The number of carbonyl (C=O) groups excluding carboxylic acids is 3.